The molecule has 15 nitrogen and oxygen atoms in total. The van der Waals surface area contributed by atoms with E-state index >= 15 is 0 Å². The molecule has 1 atom stereocenters. The number of hydrogen-bond acceptors (Lipinski definition) is 12. The minimum Gasteiger partial charge on any atom is -0.354 e. The highest BCUT2D eigenvalue weighted by molar-refractivity contribution is 6.33. The number of nitrogens with zero attached hydrogens (tertiary/aromatic N) is 6. The van der Waals surface area contributed by atoms with E-state index in [4.69, 9.17) is 11.6 Å². The van der Waals surface area contributed by atoms with Gasteiger partial charge >= 0.3 is 0 Å². The molecule has 320 valence electrons. The molecule has 0 radical (unpaired) electrons. The van der Waals surface area contributed by atoms with Crippen LogP contribution in [0.1, 0.15) is 64.3 Å². The van der Waals surface area contributed by atoms with Crippen molar-refractivity contribution < 1.29 is 23.6 Å². The summed E-state index contributed by atoms with van der Waals surface area (Å²) in [7, 11) is 0. The number of imide groups is 1. The Morgan fingerprint density at radius 2 is 1.47 bits per heavy atom. The van der Waals surface area contributed by atoms with Gasteiger partial charge in [-0.15, -0.1) is 0 Å². The average molecular weight is 860 g/mol. The normalized spacial score (nSPS) is 17.6. The highest BCUT2D eigenvalue weighted by Crippen LogP contribution is 2.27. The van der Waals surface area contributed by atoms with Crippen LogP contribution in [-0.4, -0.2) is 94.3 Å². The van der Waals surface area contributed by atoms with Crippen LogP contribution in [0.2, 0.25) is 5.02 Å². The zero-order chi connectivity index (χ0) is 43.0. The Morgan fingerprint density at radius 1 is 0.774 bits per heavy atom. The van der Waals surface area contributed by atoms with Crippen molar-refractivity contribution in [2.24, 2.45) is 5.92 Å². The standard InChI is InChI=1S/C45H47ClFN11O4/c46-36-3-1-2-4-38(36)52-42(60)30-5-10-33(11-6-30)50-41-37(47)28-49-45(54-41)51-34-12-7-31(8-13-34)43(61)55-58-21-18-29(19-22-58)17-20-56-23-25-57(26-24-56)39-15-9-32(27-48-39)35-14-16-40(59)53-44(35)62/h1-13,15,27-29,35H,14,16-26H2,(H,52,60)(H,55,61)(H,53,59,62)(H2,49,50,51,54). The fourth-order valence-electron chi connectivity index (χ4n) is 7.86. The van der Waals surface area contributed by atoms with Crippen molar-refractivity contribution in [3.63, 3.8) is 0 Å². The number of anilines is 6. The fourth-order valence-corrected chi connectivity index (χ4v) is 8.04. The molecule has 0 spiro atoms. The lowest BCUT2D eigenvalue weighted by Crippen LogP contribution is -2.48. The van der Waals surface area contributed by atoms with E-state index in [1.807, 2.05) is 17.1 Å². The van der Waals surface area contributed by atoms with Gasteiger partial charge in [0.05, 0.1) is 22.8 Å². The maximum absolute atomic E-state index is 14.7. The molecule has 0 saturated carbocycles. The van der Waals surface area contributed by atoms with Gasteiger partial charge in [-0.1, -0.05) is 29.8 Å². The van der Waals surface area contributed by atoms with Gasteiger partial charge in [-0.2, -0.15) is 4.98 Å². The van der Waals surface area contributed by atoms with Crippen molar-refractivity contribution in [1.82, 2.24) is 35.6 Å². The van der Waals surface area contributed by atoms with Gasteiger partial charge in [0.25, 0.3) is 11.8 Å². The third-order valence-electron chi connectivity index (χ3n) is 11.5. The monoisotopic (exact) mass is 859 g/mol. The third-order valence-corrected chi connectivity index (χ3v) is 11.8. The van der Waals surface area contributed by atoms with E-state index in [0.717, 1.165) is 82.7 Å². The average Bonchev–Trinajstić information content (AvgIpc) is 3.29. The maximum Gasteiger partial charge on any atom is 0.265 e. The zero-order valence-electron chi connectivity index (χ0n) is 33.9. The molecule has 3 aromatic carbocycles. The largest absolute Gasteiger partial charge is 0.354 e. The van der Waals surface area contributed by atoms with Crippen molar-refractivity contribution in [2.75, 3.05) is 66.7 Å². The number of pyridine rings is 1. The van der Waals surface area contributed by atoms with E-state index in [-0.39, 0.29) is 41.3 Å². The number of halogens is 2. The van der Waals surface area contributed by atoms with E-state index in [1.54, 1.807) is 79.0 Å². The lowest BCUT2D eigenvalue weighted by molar-refractivity contribution is -0.134. The number of nitrogens with one attached hydrogen (secondary N) is 5. The number of aromatic nitrogens is 3. The van der Waals surface area contributed by atoms with Crippen LogP contribution >= 0.6 is 11.6 Å². The molecule has 8 rings (SSSR count). The Kier molecular flexibility index (Phi) is 13.3. The summed E-state index contributed by atoms with van der Waals surface area (Å²) in [5, 5.41) is 13.6. The summed E-state index contributed by atoms with van der Waals surface area (Å²) in [5.41, 5.74) is 6.43. The molecule has 3 fully saturated rings. The fraction of sp³-hybridized carbons (Fsp3) is 0.311. The van der Waals surface area contributed by atoms with Gasteiger partial charge in [0.1, 0.15) is 5.82 Å². The molecular weight excluding hydrogens is 813 g/mol. The van der Waals surface area contributed by atoms with Gasteiger partial charge in [0, 0.05) is 74.4 Å². The number of hydrogen-bond donors (Lipinski definition) is 5. The lowest BCUT2D eigenvalue weighted by Gasteiger charge is -2.37. The van der Waals surface area contributed by atoms with Gasteiger partial charge in [-0.05, 0) is 110 Å². The number of carbonyl (C=O) groups is 4. The molecule has 5 N–H and O–H groups in total. The molecule has 2 aromatic heterocycles. The Morgan fingerprint density at radius 3 is 2.15 bits per heavy atom. The van der Waals surface area contributed by atoms with Crippen LogP contribution in [0.5, 0.6) is 0 Å². The van der Waals surface area contributed by atoms with E-state index in [1.165, 1.54) is 0 Å². The number of amides is 4. The van der Waals surface area contributed by atoms with Crippen LogP contribution in [0.15, 0.2) is 97.3 Å². The van der Waals surface area contributed by atoms with Crippen LogP contribution in [0.4, 0.5) is 39.0 Å². The van der Waals surface area contributed by atoms with Crippen LogP contribution in [-0.2, 0) is 9.59 Å². The van der Waals surface area contributed by atoms with Crippen LogP contribution in [0.3, 0.4) is 0 Å². The molecule has 5 aromatic rings. The van der Waals surface area contributed by atoms with Gasteiger partial charge in [-0.3, -0.25) is 34.8 Å². The molecular formula is C45H47ClFN11O4. The summed E-state index contributed by atoms with van der Waals surface area (Å²) >= 11 is 6.15. The van der Waals surface area contributed by atoms with Crippen molar-refractivity contribution in [2.45, 2.75) is 38.0 Å². The Labute approximate surface area is 363 Å². The van der Waals surface area contributed by atoms with Gasteiger partial charge in [0.15, 0.2) is 11.6 Å². The lowest BCUT2D eigenvalue weighted by atomic mass is 9.92. The summed E-state index contributed by atoms with van der Waals surface area (Å²) in [5.74, 6) is -0.369. The predicted molar refractivity (Wildman–Crippen MR) is 235 cm³/mol. The SMILES string of the molecule is O=C1CCC(c2ccc(N3CCN(CCC4CCN(NC(=O)c5ccc(Nc6ncc(F)c(Nc7ccc(C(=O)Nc8ccccc8Cl)cc7)n6)cc5)CC4)CC3)nc2)C(=O)N1. The molecule has 3 saturated heterocycles. The summed E-state index contributed by atoms with van der Waals surface area (Å²) in [6.45, 7) is 6.30. The molecule has 62 heavy (non-hydrogen) atoms. The maximum atomic E-state index is 14.7. The molecule has 3 aliphatic rings. The van der Waals surface area contributed by atoms with Crippen LogP contribution in [0.25, 0.3) is 0 Å². The first-order chi connectivity index (χ1) is 30.1. The first-order valence-electron chi connectivity index (χ1n) is 20.8. The minimum absolute atomic E-state index is 0.0549. The summed E-state index contributed by atoms with van der Waals surface area (Å²) in [6.07, 6.45) is 6.83. The summed E-state index contributed by atoms with van der Waals surface area (Å²) in [6, 6.07) is 24.3. The van der Waals surface area contributed by atoms with Gasteiger partial charge in [-0.25, -0.2) is 19.4 Å². The highest BCUT2D eigenvalue weighted by atomic mass is 35.5. The van der Waals surface area contributed by atoms with E-state index in [2.05, 4.69) is 51.4 Å². The molecule has 0 bridgehead atoms. The van der Waals surface area contributed by atoms with Crippen LogP contribution in [0, 0.1) is 11.7 Å². The number of para-hydroxylation sites is 1. The molecule has 5 heterocycles. The third kappa shape index (κ3) is 10.7. The number of piperazine rings is 1. The smallest absolute Gasteiger partial charge is 0.265 e. The first kappa shape index (κ1) is 42.2. The molecule has 17 heteroatoms. The number of benzene rings is 3. The summed E-state index contributed by atoms with van der Waals surface area (Å²) in [4.78, 5) is 67.3. The van der Waals surface area contributed by atoms with Crippen molar-refractivity contribution in [3.05, 3.63) is 125 Å². The molecule has 0 aliphatic carbocycles. The predicted octanol–water partition coefficient (Wildman–Crippen LogP) is 6.49. The topological polar surface area (TPSA) is 177 Å². The number of carbonyl (C=O) groups excluding carboxylic acids is 4. The number of piperidine rings is 2. The molecule has 1 unspecified atom stereocenters. The van der Waals surface area contributed by atoms with Crippen molar-refractivity contribution >= 4 is 69.9 Å². The Balaban J connectivity index is 0.739. The zero-order valence-corrected chi connectivity index (χ0v) is 34.7. The Bertz CT molecular complexity index is 2390. The van der Waals surface area contributed by atoms with E-state index in [9.17, 15) is 23.6 Å². The van der Waals surface area contributed by atoms with Crippen molar-refractivity contribution in [3.8, 4) is 0 Å². The second-order valence-electron chi connectivity index (χ2n) is 15.7. The number of rotatable bonds is 13. The highest BCUT2D eigenvalue weighted by Gasteiger charge is 2.29. The second kappa shape index (κ2) is 19.5. The van der Waals surface area contributed by atoms with Crippen LogP contribution < -0.4 is 31.6 Å². The molecule has 3 aliphatic heterocycles. The summed E-state index contributed by atoms with van der Waals surface area (Å²) < 4.78 is 14.7. The first-order valence-corrected chi connectivity index (χ1v) is 21.2. The van der Waals surface area contributed by atoms with Crippen molar-refractivity contribution in [1.29, 1.82) is 0 Å². The number of hydrazine groups is 1. The second-order valence-corrected chi connectivity index (χ2v) is 16.1. The minimum atomic E-state index is -0.658. The van der Waals surface area contributed by atoms with E-state index in [0.29, 0.717) is 52.0 Å². The molecule has 4 amide bonds. The Hall–Kier alpha value is -6.49. The van der Waals surface area contributed by atoms with Gasteiger partial charge < -0.3 is 20.9 Å². The van der Waals surface area contributed by atoms with E-state index < -0.39 is 5.82 Å². The van der Waals surface area contributed by atoms with Gasteiger partial charge in [0.2, 0.25) is 17.8 Å². The quantitative estimate of drug-likeness (QED) is 0.0815.